The van der Waals surface area contributed by atoms with Crippen molar-refractivity contribution >= 4 is 27.1 Å². The van der Waals surface area contributed by atoms with Crippen LogP contribution in [0, 0.1) is 10.1 Å². The number of benzene rings is 2. The predicted molar refractivity (Wildman–Crippen MR) is 99.9 cm³/mol. The zero-order chi connectivity index (χ0) is 19.4. The molecular formula is C17H19N3O6S. The molecule has 0 unspecified atom stereocenters. The van der Waals surface area contributed by atoms with E-state index >= 15 is 0 Å². The first-order valence-corrected chi connectivity index (χ1v) is 9.67. The summed E-state index contributed by atoms with van der Waals surface area (Å²) in [7, 11) is -2.69. The predicted octanol–water partition coefficient (Wildman–Crippen LogP) is 2.24. The van der Waals surface area contributed by atoms with Gasteiger partial charge < -0.3 is 14.4 Å². The maximum atomic E-state index is 12.6. The van der Waals surface area contributed by atoms with Crippen LogP contribution in [0.2, 0.25) is 0 Å². The van der Waals surface area contributed by atoms with Gasteiger partial charge in [-0.05, 0) is 36.4 Å². The molecule has 0 aromatic heterocycles. The average Bonchev–Trinajstić information content (AvgIpc) is 2.68. The van der Waals surface area contributed by atoms with Crippen LogP contribution in [0.3, 0.4) is 0 Å². The summed E-state index contributed by atoms with van der Waals surface area (Å²) in [5, 5.41) is 11.1. The zero-order valence-electron chi connectivity index (χ0n) is 14.6. The fraction of sp³-hybridized carbons (Fsp3) is 0.294. The van der Waals surface area contributed by atoms with Gasteiger partial charge >= 0.3 is 5.69 Å². The first-order valence-electron chi connectivity index (χ1n) is 8.19. The van der Waals surface area contributed by atoms with Gasteiger partial charge in [-0.3, -0.25) is 14.8 Å². The van der Waals surface area contributed by atoms with Crippen molar-refractivity contribution in [3.63, 3.8) is 0 Å². The van der Waals surface area contributed by atoms with Gasteiger partial charge in [-0.15, -0.1) is 0 Å². The van der Waals surface area contributed by atoms with Crippen molar-refractivity contribution in [2.24, 2.45) is 0 Å². The van der Waals surface area contributed by atoms with Gasteiger partial charge in [0.2, 0.25) is 0 Å². The number of hydrogen-bond acceptors (Lipinski definition) is 7. The molecule has 0 spiro atoms. The van der Waals surface area contributed by atoms with Gasteiger partial charge in [0.15, 0.2) is 5.75 Å². The molecule has 3 rings (SSSR count). The molecule has 1 aliphatic rings. The van der Waals surface area contributed by atoms with E-state index in [0.717, 1.165) is 24.8 Å². The smallest absolute Gasteiger partial charge is 0.312 e. The lowest BCUT2D eigenvalue weighted by Gasteiger charge is -2.28. The van der Waals surface area contributed by atoms with Crippen molar-refractivity contribution in [1.82, 2.24) is 0 Å². The summed E-state index contributed by atoms with van der Waals surface area (Å²) >= 11 is 0. The SMILES string of the molecule is COc1ccc(S(=O)(=O)Nc2ccc(N3CCOCC3)cc2)cc1[N+](=O)[O-]. The number of hydrogen-bond donors (Lipinski definition) is 1. The van der Waals surface area contributed by atoms with Crippen LogP contribution in [0.1, 0.15) is 0 Å². The van der Waals surface area contributed by atoms with Crippen molar-refractivity contribution in [3.8, 4) is 5.75 Å². The normalized spacial score (nSPS) is 14.6. The van der Waals surface area contributed by atoms with E-state index in [0.29, 0.717) is 18.9 Å². The molecule has 1 fully saturated rings. The number of nitrogens with one attached hydrogen (secondary N) is 1. The molecule has 0 aliphatic carbocycles. The van der Waals surface area contributed by atoms with Crippen molar-refractivity contribution in [3.05, 3.63) is 52.6 Å². The van der Waals surface area contributed by atoms with Crippen molar-refractivity contribution < 1.29 is 22.8 Å². The molecule has 1 aliphatic heterocycles. The third kappa shape index (κ3) is 4.29. The summed E-state index contributed by atoms with van der Waals surface area (Å²) in [6, 6.07) is 10.4. The molecule has 2 aromatic carbocycles. The summed E-state index contributed by atoms with van der Waals surface area (Å²) in [5.41, 5.74) is 0.926. The first kappa shape index (κ1) is 18.9. The van der Waals surface area contributed by atoms with Gasteiger partial charge in [0.05, 0.1) is 30.1 Å². The Morgan fingerprint density at radius 3 is 2.41 bits per heavy atom. The van der Waals surface area contributed by atoms with E-state index < -0.39 is 20.6 Å². The first-order chi connectivity index (χ1) is 12.9. The molecule has 1 saturated heterocycles. The Bertz CT molecular complexity index is 924. The number of rotatable bonds is 6. The van der Waals surface area contributed by atoms with Crippen molar-refractivity contribution in [1.29, 1.82) is 0 Å². The summed E-state index contributed by atoms with van der Waals surface area (Å²) in [6.07, 6.45) is 0. The minimum absolute atomic E-state index is 0.00573. The third-order valence-electron chi connectivity index (χ3n) is 4.15. The lowest BCUT2D eigenvalue weighted by molar-refractivity contribution is -0.386. The van der Waals surface area contributed by atoms with Crippen LogP contribution in [0.5, 0.6) is 5.75 Å². The molecule has 2 aromatic rings. The minimum atomic E-state index is -3.98. The van der Waals surface area contributed by atoms with Gasteiger partial charge in [-0.25, -0.2) is 8.42 Å². The summed E-state index contributed by atoms with van der Waals surface area (Å²) in [5.74, 6) is -0.00573. The third-order valence-corrected chi connectivity index (χ3v) is 5.53. The van der Waals surface area contributed by atoms with Crippen molar-refractivity contribution in [2.75, 3.05) is 43.0 Å². The maximum absolute atomic E-state index is 12.6. The Balaban J connectivity index is 1.80. The number of sulfonamides is 1. The van der Waals surface area contributed by atoms with Gasteiger partial charge in [-0.1, -0.05) is 0 Å². The number of anilines is 2. The Labute approximate surface area is 156 Å². The van der Waals surface area contributed by atoms with E-state index in [1.165, 1.54) is 19.2 Å². The Hall–Kier alpha value is -2.85. The van der Waals surface area contributed by atoms with E-state index in [1.54, 1.807) is 12.1 Å². The molecule has 1 N–H and O–H groups in total. The van der Waals surface area contributed by atoms with Gasteiger partial charge in [0.25, 0.3) is 10.0 Å². The Morgan fingerprint density at radius 2 is 1.81 bits per heavy atom. The monoisotopic (exact) mass is 393 g/mol. The number of ether oxygens (including phenoxy) is 2. The summed E-state index contributed by atoms with van der Waals surface area (Å²) in [4.78, 5) is 12.3. The van der Waals surface area contributed by atoms with Crippen LogP contribution < -0.4 is 14.4 Å². The van der Waals surface area contributed by atoms with Gasteiger partial charge in [0, 0.05) is 30.5 Å². The van der Waals surface area contributed by atoms with Crippen LogP contribution >= 0.6 is 0 Å². The molecular weight excluding hydrogens is 374 g/mol. The molecule has 0 saturated carbocycles. The van der Waals surface area contributed by atoms with E-state index in [1.807, 2.05) is 12.1 Å². The minimum Gasteiger partial charge on any atom is -0.490 e. The largest absolute Gasteiger partial charge is 0.490 e. The van der Waals surface area contributed by atoms with Crippen LogP contribution in [0.25, 0.3) is 0 Å². The second-order valence-corrected chi connectivity index (χ2v) is 7.52. The Kier molecular flexibility index (Phi) is 5.47. The number of nitro groups is 1. The van der Waals surface area contributed by atoms with Crippen LogP contribution in [0.4, 0.5) is 17.1 Å². The molecule has 0 radical (unpaired) electrons. The number of nitro benzene ring substituents is 1. The van der Waals surface area contributed by atoms with Crippen LogP contribution in [-0.2, 0) is 14.8 Å². The molecule has 10 heteroatoms. The highest BCUT2D eigenvalue weighted by atomic mass is 32.2. The van der Waals surface area contributed by atoms with Crippen LogP contribution in [-0.4, -0.2) is 46.8 Å². The quantitative estimate of drug-likeness (QED) is 0.592. The highest BCUT2D eigenvalue weighted by molar-refractivity contribution is 7.92. The van der Waals surface area contributed by atoms with Gasteiger partial charge in [-0.2, -0.15) is 0 Å². The zero-order valence-corrected chi connectivity index (χ0v) is 15.4. The molecule has 0 atom stereocenters. The molecule has 0 bridgehead atoms. The average molecular weight is 393 g/mol. The fourth-order valence-electron chi connectivity index (χ4n) is 2.76. The lowest BCUT2D eigenvalue weighted by atomic mass is 10.2. The van der Waals surface area contributed by atoms with Crippen LogP contribution in [0.15, 0.2) is 47.4 Å². The number of nitrogens with zero attached hydrogens (tertiary/aromatic N) is 2. The lowest BCUT2D eigenvalue weighted by Crippen LogP contribution is -2.36. The highest BCUT2D eigenvalue weighted by Gasteiger charge is 2.22. The highest BCUT2D eigenvalue weighted by Crippen LogP contribution is 2.30. The maximum Gasteiger partial charge on any atom is 0.312 e. The topological polar surface area (TPSA) is 111 Å². The fourth-order valence-corrected chi connectivity index (χ4v) is 3.83. The number of methoxy groups -OCH3 is 1. The molecule has 1 heterocycles. The van der Waals surface area contributed by atoms with Gasteiger partial charge in [0.1, 0.15) is 0 Å². The molecule has 9 nitrogen and oxygen atoms in total. The standard InChI is InChI=1S/C17H19N3O6S/c1-25-17-7-6-15(12-16(17)20(21)22)27(23,24)18-13-2-4-14(5-3-13)19-8-10-26-11-9-19/h2-7,12,18H,8-11H2,1H3. The molecule has 144 valence electrons. The van der Waals surface area contributed by atoms with E-state index in [-0.39, 0.29) is 10.6 Å². The number of morpholine rings is 1. The van der Waals surface area contributed by atoms with E-state index in [4.69, 9.17) is 9.47 Å². The molecule has 0 amide bonds. The summed E-state index contributed by atoms with van der Waals surface area (Å²) < 4.78 is 37.8. The second kappa shape index (κ2) is 7.80. The second-order valence-electron chi connectivity index (χ2n) is 5.84. The molecule has 27 heavy (non-hydrogen) atoms. The summed E-state index contributed by atoms with van der Waals surface area (Å²) in [6.45, 7) is 2.87. The van der Waals surface area contributed by atoms with Crippen molar-refractivity contribution in [2.45, 2.75) is 4.90 Å². The van der Waals surface area contributed by atoms with E-state index in [2.05, 4.69) is 9.62 Å². The van der Waals surface area contributed by atoms with E-state index in [9.17, 15) is 18.5 Å². The Morgan fingerprint density at radius 1 is 1.15 bits per heavy atom.